The molecular weight excluding hydrogens is 356 g/mol. The summed E-state index contributed by atoms with van der Waals surface area (Å²) in [4.78, 5) is 0. The van der Waals surface area contributed by atoms with Gasteiger partial charge in [-0.25, -0.2) is 0 Å². The molecule has 0 bridgehead atoms. The predicted octanol–water partition coefficient (Wildman–Crippen LogP) is 4.45. The maximum absolute atomic E-state index is 6.09. The molecule has 0 aliphatic rings. The smallest absolute Gasteiger partial charge is 0.160 e. The Kier molecular flexibility index (Phi) is 6.10. The van der Waals surface area contributed by atoms with Crippen molar-refractivity contribution in [2.45, 2.75) is 48.5 Å². The summed E-state index contributed by atoms with van der Waals surface area (Å²) in [6, 6.07) is 17.9. The van der Waals surface area contributed by atoms with Gasteiger partial charge in [-0.1, -0.05) is 75.8 Å². The zero-order chi connectivity index (χ0) is 20.4. The molecule has 0 aliphatic carbocycles. The van der Waals surface area contributed by atoms with Gasteiger partial charge in [0.25, 0.3) is 0 Å². The highest BCUT2D eigenvalue weighted by Gasteiger charge is 2.29. The van der Waals surface area contributed by atoms with E-state index in [1.54, 1.807) is 0 Å². The summed E-state index contributed by atoms with van der Waals surface area (Å²) in [5, 5.41) is 4.34. The Morgan fingerprint density at radius 1 is 0.679 bits per heavy atom. The van der Waals surface area contributed by atoms with E-state index in [-0.39, 0.29) is 0 Å². The molecule has 1 nitrogen and oxygen atoms in total. The molecule has 0 aromatic heterocycles. The average Bonchev–Trinajstić information content (AvgIpc) is 2.59. The Morgan fingerprint density at radius 3 is 1.54 bits per heavy atom. The van der Waals surface area contributed by atoms with E-state index < -0.39 is 8.80 Å². The van der Waals surface area contributed by atoms with Crippen LogP contribution in [0.5, 0.6) is 5.75 Å². The van der Waals surface area contributed by atoms with Gasteiger partial charge in [0.2, 0.25) is 0 Å². The van der Waals surface area contributed by atoms with Gasteiger partial charge >= 0.3 is 0 Å². The highest BCUT2D eigenvalue weighted by Crippen LogP contribution is 2.16. The van der Waals surface area contributed by atoms with Gasteiger partial charge in [-0.3, -0.25) is 0 Å². The Hall–Kier alpha value is -2.32. The second-order valence-electron chi connectivity index (χ2n) is 7.85. The van der Waals surface area contributed by atoms with Crippen molar-refractivity contribution < 1.29 is 4.74 Å². The van der Waals surface area contributed by atoms with Crippen molar-refractivity contribution in [3.05, 3.63) is 81.9 Å². The number of ether oxygens (including phenoxy) is 1. The van der Waals surface area contributed by atoms with E-state index in [9.17, 15) is 0 Å². The maximum Gasteiger partial charge on any atom is 0.160 e. The van der Waals surface area contributed by atoms with Gasteiger partial charge in [0, 0.05) is 0 Å². The SMILES string of the molecule is CCOc1ccccc1[Si](c1c(C)cc(C)cc1C)c1c(C)cc(C)cc1C. The van der Waals surface area contributed by atoms with Crippen molar-refractivity contribution in [2.75, 3.05) is 6.61 Å². The van der Waals surface area contributed by atoms with E-state index in [0.29, 0.717) is 6.61 Å². The van der Waals surface area contributed by atoms with Crippen molar-refractivity contribution >= 4 is 24.4 Å². The standard InChI is InChI=1S/C26H31OSi/c1-8-27-23-11-9-10-12-24(23)28(25-19(4)13-17(2)14-20(25)5)26-21(6)15-18(3)16-22(26)7/h9-16H,8H2,1-7H3. The van der Waals surface area contributed by atoms with Crippen LogP contribution < -0.4 is 20.3 Å². The van der Waals surface area contributed by atoms with Crippen LogP contribution in [0, 0.1) is 41.5 Å². The first-order valence-corrected chi connectivity index (χ1v) is 11.6. The van der Waals surface area contributed by atoms with E-state index in [2.05, 4.69) is 97.0 Å². The zero-order valence-electron chi connectivity index (χ0n) is 18.2. The van der Waals surface area contributed by atoms with E-state index in [0.717, 1.165) is 5.75 Å². The number of hydrogen-bond acceptors (Lipinski definition) is 1. The molecule has 0 aliphatic heterocycles. The largest absolute Gasteiger partial charge is 0.494 e. The quantitative estimate of drug-likeness (QED) is 0.464. The Balaban J connectivity index is 2.38. The fraction of sp³-hybridized carbons (Fsp3) is 0.308. The number of rotatable bonds is 5. The zero-order valence-corrected chi connectivity index (χ0v) is 19.2. The van der Waals surface area contributed by atoms with Crippen LogP contribution in [0.3, 0.4) is 0 Å². The topological polar surface area (TPSA) is 9.23 Å². The molecule has 1 radical (unpaired) electrons. The summed E-state index contributed by atoms with van der Waals surface area (Å²) in [6.45, 7) is 16.2. The number of para-hydroxylation sites is 1. The van der Waals surface area contributed by atoms with Crippen LogP contribution in [0.1, 0.15) is 40.3 Å². The van der Waals surface area contributed by atoms with E-state index in [1.165, 1.54) is 48.9 Å². The van der Waals surface area contributed by atoms with Crippen LogP contribution in [0.4, 0.5) is 0 Å². The Labute approximate surface area is 172 Å². The molecule has 0 N–H and O–H groups in total. The highest BCUT2D eigenvalue weighted by atomic mass is 28.3. The number of aryl methyl sites for hydroxylation is 6. The fourth-order valence-corrected chi connectivity index (χ4v) is 7.82. The van der Waals surface area contributed by atoms with E-state index >= 15 is 0 Å². The van der Waals surface area contributed by atoms with E-state index in [1.807, 2.05) is 0 Å². The van der Waals surface area contributed by atoms with Crippen molar-refractivity contribution in [2.24, 2.45) is 0 Å². The minimum absolute atomic E-state index is 0.684. The van der Waals surface area contributed by atoms with Crippen LogP contribution in [0.2, 0.25) is 0 Å². The molecule has 0 amide bonds. The van der Waals surface area contributed by atoms with Crippen molar-refractivity contribution in [1.82, 2.24) is 0 Å². The molecule has 0 saturated carbocycles. The van der Waals surface area contributed by atoms with Gasteiger partial charge < -0.3 is 4.74 Å². The Morgan fingerprint density at radius 2 is 1.11 bits per heavy atom. The molecule has 3 rings (SSSR count). The lowest BCUT2D eigenvalue weighted by Gasteiger charge is -2.26. The maximum atomic E-state index is 6.09. The van der Waals surface area contributed by atoms with Gasteiger partial charge in [0.05, 0.1) is 6.61 Å². The molecule has 2 heteroatoms. The van der Waals surface area contributed by atoms with Crippen molar-refractivity contribution in [3.63, 3.8) is 0 Å². The van der Waals surface area contributed by atoms with Gasteiger partial charge in [-0.05, 0) is 70.1 Å². The first-order valence-electron chi connectivity index (χ1n) is 10.1. The second kappa shape index (κ2) is 8.36. The van der Waals surface area contributed by atoms with Gasteiger partial charge in [-0.15, -0.1) is 0 Å². The first kappa shape index (κ1) is 20.4. The van der Waals surface area contributed by atoms with Crippen LogP contribution in [-0.2, 0) is 0 Å². The Bertz CT molecular complexity index is 900. The monoisotopic (exact) mass is 387 g/mol. The third-order valence-electron chi connectivity index (χ3n) is 5.31. The lowest BCUT2D eigenvalue weighted by molar-refractivity contribution is 0.343. The lowest BCUT2D eigenvalue weighted by atomic mass is 10.1. The second-order valence-corrected chi connectivity index (χ2v) is 10.1. The summed E-state index contributed by atoms with van der Waals surface area (Å²) < 4.78 is 6.09. The van der Waals surface area contributed by atoms with Gasteiger partial charge in [-0.2, -0.15) is 0 Å². The van der Waals surface area contributed by atoms with Crippen molar-refractivity contribution in [1.29, 1.82) is 0 Å². The summed E-state index contributed by atoms with van der Waals surface area (Å²) in [5.74, 6) is 1.03. The lowest BCUT2D eigenvalue weighted by Crippen LogP contribution is -2.56. The fourth-order valence-electron chi connectivity index (χ4n) is 4.50. The minimum Gasteiger partial charge on any atom is -0.494 e. The average molecular weight is 388 g/mol. The van der Waals surface area contributed by atoms with Gasteiger partial charge in [0.1, 0.15) is 5.75 Å². The molecule has 0 atom stereocenters. The molecule has 0 fully saturated rings. The predicted molar refractivity (Wildman–Crippen MR) is 124 cm³/mol. The molecule has 145 valence electrons. The molecule has 0 unspecified atom stereocenters. The molecule has 0 saturated heterocycles. The summed E-state index contributed by atoms with van der Waals surface area (Å²) in [5.41, 5.74) is 8.20. The van der Waals surface area contributed by atoms with Crippen LogP contribution in [0.15, 0.2) is 48.5 Å². The third kappa shape index (κ3) is 3.93. The summed E-state index contributed by atoms with van der Waals surface area (Å²) in [6.07, 6.45) is 0. The summed E-state index contributed by atoms with van der Waals surface area (Å²) in [7, 11) is -1.21. The van der Waals surface area contributed by atoms with Crippen LogP contribution in [-0.4, -0.2) is 15.4 Å². The minimum atomic E-state index is -1.21. The highest BCUT2D eigenvalue weighted by molar-refractivity contribution is 6.97. The van der Waals surface area contributed by atoms with Crippen LogP contribution >= 0.6 is 0 Å². The number of benzene rings is 3. The molecule has 0 heterocycles. The van der Waals surface area contributed by atoms with E-state index in [4.69, 9.17) is 4.74 Å². The molecule has 28 heavy (non-hydrogen) atoms. The summed E-state index contributed by atoms with van der Waals surface area (Å²) >= 11 is 0. The molecule has 3 aromatic carbocycles. The molecule has 3 aromatic rings. The molecule has 0 spiro atoms. The molecular formula is C26H31OSi. The van der Waals surface area contributed by atoms with Gasteiger partial charge in [0.15, 0.2) is 8.80 Å². The normalized spacial score (nSPS) is 11.1. The van der Waals surface area contributed by atoms with Crippen molar-refractivity contribution in [3.8, 4) is 5.75 Å². The number of hydrogen-bond donors (Lipinski definition) is 0. The first-order chi connectivity index (χ1) is 13.3. The third-order valence-corrected chi connectivity index (χ3v) is 8.84. The van der Waals surface area contributed by atoms with Crippen LogP contribution in [0.25, 0.3) is 0 Å².